The smallest absolute Gasteiger partial charge is 0.351 e. The second kappa shape index (κ2) is 8.86. The van der Waals surface area contributed by atoms with Crippen molar-refractivity contribution in [2.24, 2.45) is 0 Å². The van der Waals surface area contributed by atoms with E-state index in [2.05, 4.69) is 6.08 Å². The number of para-hydroxylation sites is 2. The molecule has 0 saturated heterocycles. The van der Waals surface area contributed by atoms with Crippen LogP contribution in [-0.4, -0.2) is 36.1 Å². The van der Waals surface area contributed by atoms with Crippen LogP contribution in [0.5, 0.6) is 11.5 Å². The molecule has 0 unspecified atom stereocenters. The number of esters is 1. The van der Waals surface area contributed by atoms with E-state index in [0.29, 0.717) is 23.8 Å². The maximum absolute atomic E-state index is 12.8. The third kappa shape index (κ3) is 4.62. The van der Waals surface area contributed by atoms with E-state index in [1.807, 2.05) is 12.1 Å². The highest BCUT2D eigenvalue weighted by atomic mass is 16.6. The standard InChI is InChI=1S/C22H23NO6/c24-21(23(13-17-9-6-12-26-17)16-7-2-1-3-8-16)15-28-22(25)20-14-27-18-10-4-5-11-19(18)29-20/h4-7,9-12,20H,1-3,8,13-15H2/t20-/m0/s1. The lowest BCUT2D eigenvalue weighted by Gasteiger charge is -2.28. The molecule has 0 N–H and O–H groups in total. The van der Waals surface area contributed by atoms with Crippen molar-refractivity contribution in [1.82, 2.24) is 4.90 Å². The molecule has 2 aromatic rings. The van der Waals surface area contributed by atoms with Crippen molar-refractivity contribution in [3.05, 3.63) is 60.2 Å². The topological polar surface area (TPSA) is 78.2 Å². The first-order valence-corrected chi connectivity index (χ1v) is 9.77. The zero-order valence-corrected chi connectivity index (χ0v) is 16.0. The molecule has 7 nitrogen and oxygen atoms in total. The largest absolute Gasteiger partial charge is 0.485 e. The molecule has 0 spiro atoms. The number of benzene rings is 1. The molecule has 1 aromatic carbocycles. The number of fused-ring (bicyclic) bond motifs is 1. The first-order valence-electron chi connectivity index (χ1n) is 9.77. The van der Waals surface area contributed by atoms with E-state index in [1.165, 1.54) is 0 Å². The van der Waals surface area contributed by atoms with E-state index >= 15 is 0 Å². The maximum atomic E-state index is 12.8. The number of carbonyl (C=O) groups is 2. The zero-order chi connectivity index (χ0) is 20.1. The summed E-state index contributed by atoms with van der Waals surface area (Å²) in [6.07, 6.45) is 6.64. The van der Waals surface area contributed by atoms with Crippen molar-refractivity contribution < 1.29 is 28.2 Å². The SMILES string of the molecule is O=C(OCC(=O)N(Cc1ccco1)C1=CCCCC1)[C@@H]1COc2ccccc2O1. The van der Waals surface area contributed by atoms with Crippen LogP contribution in [0, 0.1) is 0 Å². The van der Waals surface area contributed by atoms with E-state index in [0.717, 1.165) is 31.4 Å². The Kier molecular flexibility index (Phi) is 5.84. The van der Waals surface area contributed by atoms with E-state index in [9.17, 15) is 9.59 Å². The normalized spacial score (nSPS) is 17.9. The van der Waals surface area contributed by atoms with Gasteiger partial charge in [0, 0.05) is 5.70 Å². The average Bonchev–Trinajstić information content (AvgIpc) is 3.29. The molecule has 2 aliphatic rings. The van der Waals surface area contributed by atoms with Gasteiger partial charge in [-0.15, -0.1) is 0 Å². The third-order valence-electron chi connectivity index (χ3n) is 4.92. The van der Waals surface area contributed by atoms with Crippen LogP contribution in [-0.2, 0) is 20.9 Å². The predicted molar refractivity (Wildman–Crippen MR) is 103 cm³/mol. The van der Waals surface area contributed by atoms with Gasteiger partial charge in [-0.3, -0.25) is 4.79 Å². The summed E-state index contributed by atoms with van der Waals surface area (Å²) >= 11 is 0. The monoisotopic (exact) mass is 397 g/mol. The quantitative estimate of drug-likeness (QED) is 0.695. The Balaban J connectivity index is 1.37. The molecule has 0 saturated carbocycles. The Bertz CT molecular complexity index is 888. The maximum Gasteiger partial charge on any atom is 0.351 e. The van der Waals surface area contributed by atoms with Gasteiger partial charge in [-0.25, -0.2) is 4.79 Å². The summed E-state index contributed by atoms with van der Waals surface area (Å²) < 4.78 is 21.8. The summed E-state index contributed by atoms with van der Waals surface area (Å²) in [5.41, 5.74) is 0.944. The first kappa shape index (κ1) is 19.1. The van der Waals surface area contributed by atoms with Gasteiger partial charge in [0.15, 0.2) is 18.1 Å². The Labute approximate surface area is 168 Å². The predicted octanol–water partition coefficient (Wildman–Crippen LogP) is 3.45. The number of allylic oxidation sites excluding steroid dienone is 2. The molecule has 0 bridgehead atoms. The Morgan fingerprint density at radius 2 is 1.97 bits per heavy atom. The Hall–Kier alpha value is -3.22. The second-order valence-electron chi connectivity index (χ2n) is 6.97. The Morgan fingerprint density at radius 1 is 1.10 bits per heavy atom. The number of hydrogen-bond donors (Lipinski definition) is 0. The van der Waals surface area contributed by atoms with Gasteiger partial charge in [0.05, 0.1) is 12.8 Å². The highest BCUT2D eigenvalue weighted by molar-refractivity contribution is 5.83. The van der Waals surface area contributed by atoms with Crippen LogP contribution in [0.15, 0.2) is 58.9 Å². The lowest BCUT2D eigenvalue weighted by Crippen LogP contribution is -2.40. The van der Waals surface area contributed by atoms with Gasteiger partial charge >= 0.3 is 5.97 Å². The van der Waals surface area contributed by atoms with E-state index in [-0.39, 0.29) is 19.1 Å². The van der Waals surface area contributed by atoms with E-state index in [1.54, 1.807) is 35.4 Å². The summed E-state index contributed by atoms with van der Waals surface area (Å²) in [7, 11) is 0. The number of rotatable bonds is 6. The van der Waals surface area contributed by atoms with Gasteiger partial charge in [-0.1, -0.05) is 18.2 Å². The van der Waals surface area contributed by atoms with Crippen molar-refractivity contribution in [1.29, 1.82) is 0 Å². The molecule has 1 aromatic heterocycles. The summed E-state index contributed by atoms with van der Waals surface area (Å²) in [6, 6.07) is 10.7. The molecule has 0 fully saturated rings. The second-order valence-corrected chi connectivity index (χ2v) is 6.97. The molecule has 152 valence electrons. The summed E-state index contributed by atoms with van der Waals surface area (Å²) in [5, 5.41) is 0. The minimum atomic E-state index is -0.898. The fourth-order valence-corrected chi connectivity index (χ4v) is 3.41. The zero-order valence-electron chi connectivity index (χ0n) is 16.0. The van der Waals surface area contributed by atoms with Crippen LogP contribution in [0.1, 0.15) is 31.4 Å². The number of ether oxygens (including phenoxy) is 3. The fraction of sp³-hybridized carbons (Fsp3) is 0.364. The van der Waals surface area contributed by atoms with Crippen molar-refractivity contribution in [3.8, 4) is 11.5 Å². The number of furan rings is 1. The average molecular weight is 397 g/mol. The highest BCUT2D eigenvalue weighted by Gasteiger charge is 2.30. The lowest BCUT2D eigenvalue weighted by atomic mass is 10.0. The van der Waals surface area contributed by atoms with Gasteiger partial charge in [0.1, 0.15) is 12.4 Å². The van der Waals surface area contributed by atoms with Gasteiger partial charge in [0.25, 0.3) is 5.91 Å². The summed E-state index contributed by atoms with van der Waals surface area (Å²) in [5.74, 6) is 0.834. The molecule has 2 heterocycles. The van der Waals surface area contributed by atoms with E-state index < -0.39 is 12.1 Å². The molecule has 1 amide bonds. The minimum Gasteiger partial charge on any atom is -0.485 e. The van der Waals surface area contributed by atoms with Crippen LogP contribution in [0.2, 0.25) is 0 Å². The van der Waals surface area contributed by atoms with Crippen molar-refractivity contribution in [3.63, 3.8) is 0 Å². The van der Waals surface area contributed by atoms with Crippen LogP contribution in [0.25, 0.3) is 0 Å². The van der Waals surface area contributed by atoms with Crippen LogP contribution in [0.3, 0.4) is 0 Å². The molecular formula is C22H23NO6. The van der Waals surface area contributed by atoms with Crippen molar-refractivity contribution in [2.45, 2.75) is 38.3 Å². The molecule has 1 atom stereocenters. The molecule has 1 aliphatic heterocycles. The molecule has 1 aliphatic carbocycles. The third-order valence-corrected chi connectivity index (χ3v) is 4.92. The fourth-order valence-electron chi connectivity index (χ4n) is 3.41. The molecule has 4 rings (SSSR count). The summed E-state index contributed by atoms with van der Waals surface area (Å²) in [4.78, 5) is 26.9. The molecule has 29 heavy (non-hydrogen) atoms. The van der Waals surface area contributed by atoms with Crippen LogP contribution < -0.4 is 9.47 Å². The van der Waals surface area contributed by atoms with Crippen molar-refractivity contribution >= 4 is 11.9 Å². The number of carbonyl (C=O) groups excluding carboxylic acids is 2. The number of nitrogens with zero attached hydrogens (tertiary/aromatic N) is 1. The minimum absolute atomic E-state index is 0.0469. The molecule has 7 heteroatoms. The summed E-state index contributed by atoms with van der Waals surface area (Å²) in [6.45, 7) is -0.00464. The van der Waals surface area contributed by atoms with Gasteiger partial charge in [-0.2, -0.15) is 0 Å². The van der Waals surface area contributed by atoms with Gasteiger partial charge in [-0.05, 0) is 49.9 Å². The van der Waals surface area contributed by atoms with Crippen LogP contribution in [0.4, 0.5) is 0 Å². The number of amides is 1. The Morgan fingerprint density at radius 3 is 2.72 bits per heavy atom. The van der Waals surface area contributed by atoms with Crippen molar-refractivity contribution in [2.75, 3.05) is 13.2 Å². The van der Waals surface area contributed by atoms with Gasteiger partial charge in [0.2, 0.25) is 6.10 Å². The lowest BCUT2D eigenvalue weighted by molar-refractivity contribution is -0.159. The molecular weight excluding hydrogens is 374 g/mol. The number of hydrogen-bond acceptors (Lipinski definition) is 6. The van der Waals surface area contributed by atoms with Crippen LogP contribution >= 0.6 is 0 Å². The first-order chi connectivity index (χ1) is 14.2. The van der Waals surface area contributed by atoms with Gasteiger partial charge < -0.3 is 23.5 Å². The highest BCUT2D eigenvalue weighted by Crippen LogP contribution is 2.31. The molecule has 0 radical (unpaired) electrons. The van der Waals surface area contributed by atoms with E-state index in [4.69, 9.17) is 18.6 Å².